The van der Waals surface area contributed by atoms with Gasteiger partial charge in [-0.05, 0) is 12.8 Å². The van der Waals surface area contributed by atoms with E-state index in [0.29, 0.717) is 17.0 Å². The lowest BCUT2D eigenvalue weighted by atomic mass is 9.94. The van der Waals surface area contributed by atoms with Crippen molar-refractivity contribution in [2.24, 2.45) is 0 Å². The third-order valence-electron chi connectivity index (χ3n) is 3.76. The van der Waals surface area contributed by atoms with E-state index in [0.717, 1.165) is 12.8 Å². The summed E-state index contributed by atoms with van der Waals surface area (Å²) in [5, 5.41) is 9.19. The monoisotopic (exact) mass is 305 g/mol. The highest BCUT2D eigenvalue weighted by molar-refractivity contribution is 7.99. The van der Waals surface area contributed by atoms with Crippen molar-refractivity contribution < 1.29 is 4.79 Å². The molecule has 112 valence electrons. The molecule has 0 bridgehead atoms. The van der Waals surface area contributed by atoms with E-state index >= 15 is 0 Å². The minimum Gasteiger partial charge on any atom is -0.382 e. The van der Waals surface area contributed by atoms with Crippen LogP contribution in [0.25, 0.3) is 0 Å². The lowest BCUT2D eigenvalue weighted by Crippen LogP contribution is -2.39. The van der Waals surface area contributed by atoms with Gasteiger partial charge in [-0.3, -0.25) is 4.79 Å². The molecule has 6 nitrogen and oxygen atoms in total. The predicted octanol–water partition coefficient (Wildman–Crippen LogP) is 1.81. The third kappa shape index (κ3) is 4.08. The van der Waals surface area contributed by atoms with Crippen LogP contribution in [0.15, 0.2) is 11.4 Å². The highest BCUT2D eigenvalue weighted by Gasteiger charge is 2.22. The van der Waals surface area contributed by atoms with E-state index in [1.165, 1.54) is 37.2 Å². The zero-order valence-corrected chi connectivity index (χ0v) is 12.9. The van der Waals surface area contributed by atoms with Gasteiger partial charge in [0.05, 0.1) is 11.9 Å². The van der Waals surface area contributed by atoms with Gasteiger partial charge in [0, 0.05) is 13.1 Å². The smallest absolute Gasteiger partial charge is 0.233 e. The lowest BCUT2D eigenvalue weighted by molar-refractivity contribution is -0.129. The van der Waals surface area contributed by atoms with Crippen LogP contribution in [-0.2, 0) is 4.79 Å². The van der Waals surface area contributed by atoms with Crippen LogP contribution < -0.4 is 5.73 Å². The topological polar surface area (TPSA) is 95.9 Å². The molecule has 0 saturated heterocycles. The number of anilines is 1. The first-order chi connectivity index (χ1) is 10.1. The number of nitrogen functional groups attached to an aromatic ring is 1. The molecule has 1 aromatic rings. The molecule has 1 aromatic heterocycles. The van der Waals surface area contributed by atoms with Crippen LogP contribution in [0.4, 0.5) is 5.82 Å². The van der Waals surface area contributed by atoms with Gasteiger partial charge in [0.2, 0.25) is 5.91 Å². The van der Waals surface area contributed by atoms with Crippen molar-refractivity contribution in [1.29, 1.82) is 5.26 Å². The van der Waals surface area contributed by atoms with Crippen LogP contribution in [0.1, 0.15) is 37.7 Å². The third-order valence-corrected chi connectivity index (χ3v) is 4.60. The van der Waals surface area contributed by atoms with Crippen molar-refractivity contribution in [2.45, 2.75) is 43.3 Å². The Kier molecular flexibility index (Phi) is 5.39. The Balaban J connectivity index is 1.88. The highest BCUT2D eigenvalue weighted by atomic mass is 32.2. The van der Waals surface area contributed by atoms with Crippen molar-refractivity contribution in [1.82, 2.24) is 14.9 Å². The summed E-state index contributed by atoms with van der Waals surface area (Å²) in [7, 11) is 1.87. The fourth-order valence-corrected chi connectivity index (χ4v) is 3.18. The summed E-state index contributed by atoms with van der Waals surface area (Å²) in [6, 6.07) is 2.27. The van der Waals surface area contributed by atoms with Gasteiger partial charge in [0.25, 0.3) is 0 Å². The summed E-state index contributed by atoms with van der Waals surface area (Å²) in [6.07, 6.45) is 7.24. The molecule has 1 heterocycles. The van der Waals surface area contributed by atoms with Crippen molar-refractivity contribution in [3.8, 4) is 6.07 Å². The Bertz CT molecular complexity index is 551. The second kappa shape index (κ2) is 7.27. The molecule has 21 heavy (non-hydrogen) atoms. The van der Waals surface area contributed by atoms with E-state index in [1.807, 2.05) is 18.0 Å². The number of nitrogens with two attached hydrogens (primary N) is 1. The molecule has 1 aliphatic rings. The van der Waals surface area contributed by atoms with Gasteiger partial charge in [-0.25, -0.2) is 9.97 Å². The minimum absolute atomic E-state index is 0.0819. The van der Waals surface area contributed by atoms with Crippen molar-refractivity contribution >= 4 is 23.5 Å². The Morgan fingerprint density at radius 1 is 1.52 bits per heavy atom. The zero-order chi connectivity index (χ0) is 15.2. The quantitative estimate of drug-likeness (QED) is 0.673. The molecular weight excluding hydrogens is 286 g/mol. The molecule has 1 aliphatic carbocycles. The summed E-state index contributed by atoms with van der Waals surface area (Å²) in [4.78, 5) is 22.1. The van der Waals surface area contributed by atoms with Gasteiger partial charge in [0.15, 0.2) is 5.16 Å². The highest BCUT2D eigenvalue weighted by Crippen LogP contribution is 2.23. The largest absolute Gasteiger partial charge is 0.382 e. The molecule has 0 aliphatic heterocycles. The Morgan fingerprint density at radius 2 is 2.24 bits per heavy atom. The van der Waals surface area contributed by atoms with Crippen LogP contribution in [0, 0.1) is 11.3 Å². The molecule has 2 N–H and O–H groups in total. The van der Waals surface area contributed by atoms with E-state index in [-0.39, 0.29) is 17.3 Å². The van der Waals surface area contributed by atoms with Crippen LogP contribution in [0.3, 0.4) is 0 Å². The maximum atomic E-state index is 12.2. The first-order valence-electron chi connectivity index (χ1n) is 7.03. The molecule has 1 saturated carbocycles. The molecule has 0 spiro atoms. The molecule has 0 radical (unpaired) electrons. The first kappa shape index (κ1) is 15.6. The van der Waals surface area contributed by atoms with E-state index < -0.39 is 0 Å². The molecule has 0 atom stereocenters. The van der Waals surface area contributed by atoms with Gasteiger partial charge < -0.3 is 10.6 Å². The van der Waals surface area contributed by atoms with Gasteiger partial charge >= 0.3 is 0 Å². The predicted molar refractivity (Wildman–Crippen MR) is 81.5 cm³/mol. The standard InChI is InChI=1S/C14H19N5OS/c1-19(11-5-3-2-4-6-11)12(20)9-21-14-17-8-10(7-15)13(16)18-14/h8,11H,2-6,9H2,1H3,(H2,16,17,18). The average Bonchev–Trinajstić information content (AvgIpc) is 2.52. The van der Waals surface area contributed by atoms with E-state index in [4.69, 9.17) is 11.0 Å². The number of rotatable bonds is 4. The maximum absolute atomic E-state index is 12.2. The van der Waals surface area contributed by atoms with E-state index in [9.17, 15) is 4.79 Å². The second-order valence-corrected chi connectivity index (χ2v) is 6.09. The van der Waals surface area contributed by atoms with Crippen LogP contribution in [0.2, 0.25) is 0 Å². The second-order valence-electron chi connectivity index (χ2n) is 5.15. The minimum atomic E-state index is 0.0819. The summed E-state index contributed by atoms with van der Waals surface area (Å²) in [5.74, 6) is 0.528. The van der Waals surface area contributed by atoms with Crippen LogP contribution >= 0.6 is 11.8 Å². The van der Waals surface area contributed by atoms with Crippen molar-refractivity contribution in [2.75, 3.05) is 18.5 Å². The van der Waals surface area contributed by atoms with Gasteiger partial charge in [-0.1, -0.05) is 31.0 Å². The van der Waals surface area contributed by atoms with E-state index in [2.05, 4.69) is 9.97 Å². The maximum Gasteiger partial charge on any atom is 0.233 e. The number of nitrogens with zero attached hydrogens (tertiary/aromatic N) is 4. The summed E-state index contributed by atoms with van der Waals surface area (Å²) in [6.45, 7) is 0. The molecule has 7 heteroatoms. The molecule has 1 fully saturated rings. The Labute approximate surface area is 128 Å². The average molecular weight is 305 g/mol. The summed E-state index contributed by atoms with van der Waals surface area (Å²) in [5.41, 5.74) is 5.89. The number of hydrogen-bond acceptors (Lipinski definition) is 6. The number of thioether (sulfide) groups is 1. The molecule has 0 aromatic carbocycles. The van der Waals surface area contributed by atoms with E-state index in [1.54, 1.807) is 0 Å². The molecule has 0 unspecified atom stereocenters. The number of carbonyl (C=O) groups is 1. The lowest BCUT2D eigenvalue weighted by Gasteiger charge is -2.31. The number of aromatic nitrogens is 2. The zero-order valence-electron chi connectivity index (χ0n) is 12.1. The fraction of sp³-hybridized carbons (Fsp3) is 0.571. The Morgan fingerprint density at radius 3 is 2.86 bits per heavy atom. The normalized spacial score (nSPS) is 15.4. The number of amides is 1. The fourth-order valence-electron chi connectivity index (χ4n) is 2.43. The summed E-state index contributed by atoms with van der Waals surface area (Å²) >= 11 is 1.25. The number of nitriles is 1. The van der Waals surface area contributed by atoms with Gasteiger partial charge in [-0.2, -0.15) is 5.26 Å². The number of hydrogen-bond donors (Lipinski definition) is 1. The van der Waals surface area contributed by atoms with Crippen molar-refractivity contribution in [3.05, 3.63) is 11.8 Å². The molecular formula is C14H19N5OS. The van der Waals surface area contributed by atoms with Gasteiger partial charge in [0.1, 0.15) is 17.5 Å². The Hall–Kier alpha value is -1.81. The van der Waals surface area contributed by atoms with Gasteiger partial charge in [-0.15, -0.1) is 0 Å². The molecule has 2 rings (SSSR count). The summed E-state index contributed by atoms with van der Waals surface area (Å²) < 4.78 is 0. The van der Waals surface area contributed by atoms with Crippen LogP contribution in [-0.4, -0.2) is 39.6 Å². The number of carbonyl (C=O) groups excluding carboxylic acids is 1. The molecule has 1 amide bonds. The van der Waals surface area contributed by atoms with Crippen molar-refractivity contribution in [3.63, 3.8) is 0 Å². The van der Waals surface area contributed by atoms with Crippen LogP contribution in [0.5, 0.6) is 0 Å². The SMILES string of the molecule is CN(C(=O)CSc1ncc(C#N)c(N)n1)C1CCCCC1. The first-order valence-corrected chi connectivity index (χ1v) is 8.01.